The summed E-state index contributed by atoms with van der Waals surface area (Å²) in [5.41, 5.74) is 5.80. The summed E-state index contributed by atoms with van der Waals surface area (Å²) in [6.45, 7) is 0. The molecule has 1 aromatic carbocycles. The van der Waals surface area contributed by atoms with Crippen molar-refractivity contribution in [1.29, 1.82) is 5.41 Å². The molecule has 0 atom stereocenters. The van der Waals surface area contributed by atoms with Gasteiger partial charge in [0.1, 0.15) is 28.3 Å². The van der Waals surface area contributed by atoms with Crippen molar-refractivity contribution in [3.05, 3.63) is 46.6 Å². The first-order chi connectivity index (χ1) is 11.5. The first kappa shape index (κ1) is 15.6. The van der Waals surface area contributed by atoms with E-state index in [0.29, 0.717) is 16.1 Å². The minimum absolute atomic E-state index is 0.128. The average molecular weight is 350 g/mol. The van der Waals surface area contributed by atoms with Crippen LogP contribution in [-0.4, -0.2) is 33.2 Å². The van der Waals surface area contributed by atoms with E-state index in [1.807, 2.05) is 0 Å². The standard InChI is InChI=1S/C13H9ClFN7O2/c14-6-1-2-8-9(3-6)22(21-20-8)24-13(23)10(11(16)17)12-18-4-7(15)5-19-12/h1-5,18H,(H3,16,17)/b12-10+. The molecule has 0 saturated carbocycles. The van der Waals surface area contributed by atoms with Gasteiger partial charge in [0, 0.05) is 11.2 Å². The third kappa shape index (κ3) is 2.94. The molecule has 2 heterocycles. The summed E-state index contributed by atoms with van der Waals surface area (Å²) in [4.78, 5) is 21.9. The maximum Gasteiger partial charge on any atom is 0.373 e. The van der Waals surface area contributed by atoms with Gasteiger partial charge in [0.05, 0.1) is 6.21 Å². The number of allylic oxidation sites excluding steroid dienone is 1. The zero-order valence-corrected chi connectivity index (χ0v) is 12.6. The van der Waals surface area contributed by atoms with Gasteiger partial charge in [-0.1, -0.05) is 16.4 Å². The second kappa shape index (κ2) is 6.08. The molecule has 11 heteroatoms. The highest BCUT2D eigenvalue weighted by Crippen LogP contribution is 2.17. The van der Waals surface area contributed by atoms with Crippen LogP contribution in [-0.2, 0) is 4.79 Å². The van der Waals surface area contributed by atoms with Crippen LogP contribution in [0.3, 0.4) is 0 Å². The molecule has 0 fully saturated rings. The van der Waals surface area contributed by atoms with Gasteiger partial charge in [0.25, 0.3) is 0 Å². The molecule has 3 rings (SSSR count). The molecule has 0 unspecified atom stereocenters. The Morgan fingerprint density at radius 3 is 2.92 bits per heavy atom. The van der Waals surface area contributed by atoms with Crippen molar-refractivity contribution in [1.82, 2.24) is 20.5 Å². The highest BCUT2D eigenvalue weighted by Gasteiger charge is 2.23. The molecule has 0 amide bonds. The first-order valence-corrected chi connectivity index (χ1v) is 6.82. The van der Waals surface area contributed by atoms with Crippen molar-refractivity contribution in [2.24, 2.45) is 10.7 Å². The molecule has 1 aliphatic heterocycles. The summed E-state index contributed by atoms with van der Waals surface area (Å²) < 4.78 is 12.9. The predicted molar refractivity (Wildman–Crippen MR) is 83.9 cm³/mol. The number of amidine groups is 1. The number of halogens is 2. The Balaban J connectivity index is 1.94. The van der Waals surface area contributed by atoms with Crippen molar-refractivity contribution in [2.75, 3.05) is 0 Å². The van der Waals surface area contributed by atoms with Crippen LogP contribution in [0.2, 0.25) is 5.02 Å². The third-order valence-electron chi connectivity index (χ3n) is 2.92. The van der Waals surface area contributed by atoms with Crippen molar-refractivity contribution in [2.45, 2.75) is 0 Å². The molecule has 9 nitrogen and oxygen atoms in total. The Hall–Kier alpha value is -3.27. The van der Waals surface area contributed by atoms with Gasteiger partial charge in [0.2, 0.25) is 0 Å². The van der Waals surface area contributed by atoms with E-state index in [1.165, 1.54) is 6.07 Å². The van der Waals surface area contributed by atoms with E-state index in [4.69, 9.17) is 27.6 Å². The Kier molecular flexibility index (Phi) is 3.96. The zero-order chi connectivity index (χ0) is 17.3. The first-order valence-electron chi connectivity index (χ1n) is 6.44. The number of fused-ring (bicyclic) bond motifs is 1. The molecular formula is C13H9ClFN7O2. The molecule has 0 aliphatic carbocycles. The van der Waals surface area contributed by atoms with Gasteiger partial charge in [0.15, 0.2) is 5.83 Å². The van der Waals surface area contributed by atoms with Crippen LogP contribution in [0.4, 0.5) is 4.39 Å². The molecule has 0 saturated heterocycles. The summed E-state index contributed by atoms with van der Waals surface area (Å²) in [5.74, 6) is -2.41. The number of nitrogens with two attached hydrogens (primary N) is 1. The highest BCUT2D eigenvalue weighted by molar-refractivity contribution is 6.31. The van der Waals surface area contributed by atoms with E-state index in [0.717, 1.165) is 17.3 Å². The van der Waals surface area contributed by atoms with Gasteiger partial charge >= 0.3 is 5.97 Å². The Morgan fingerprint density at radius 2 is 2.25 bits per heavy atom. The van der Waals surface area contributed by atoms with E-state index in [9.17, 15) is 9.18 Å². The van der Waals surface area contributed by atoms with E-state index in [-0.39, 0.29) is 11.4 Å². The summed E-state index contributed by atoms with van der Waals surface area (Å²) >= 11 is 5.89. The number of hydrogen-bond donors (Lipinski definition) is 3. The number of rotatable bonds is 3. The molecule has 122 valence electrons. The number of aliphatic imine (C=N–C) groups is 1. The lowest BCUT2D eigenvalue weighted by Crippen LogP contribution is -2.32. The van der Waals surface area contributed by atoms with E-state index >= 15 is 0 Å². The number of benzene rings is 1. The molecular weight excluding hydrogens is 341 g/mol. The number of nitrogens with one attached hydrogen (secondary N) is 2. The SMILES string of the molecule is N=C(N)/C(C(=O)On1nnc2ccc(Cl)cc21)=C1\N=CC(F)=CN1. The van der Waals surface area contributed by atoms with Crippen molar-refractivity contribution in [3.63, 3.8) is 0 Å². The van der Waals surface area contributed by atoms with Gasteiger partial charge in [-0.15, -0.1) is 5.10 Å². The fraction of sp³-hybridized carbons (Fsp3) is 0. The second-order valence-electron chi connectivity index (χ2n) is 4.54. The molecule has 0 spiro atoms. The van der Waals surface area contributed by atoms with Crippen LogP contribution >= 0.6 is 11.6 Å². The van der Waals surface area contributed by atoms with Crippen molar-refractivity contribution < 1.29 is 14.0 Å². The minimum atomic E-state index is -1.02. The predicted octanol–water partition coefficient (Wildman–Crippen LogP) is 0.672. The number of nitrogens with zero attached hydrogens (tertiary/aromatic N) is 4. The average Bonchev–Trinajstić information content (AvgIpc) is 2.91. The van der Waals surface area contributed by atoms with Crippen LogP contribution in [0.15, 0.2) is 46.6 Å². The van der Waals surface area contributed by atoms with Crippen LogP contribution in [0, 0.1) is 5.41 Å². The lowest BCUT2D eigenvalue weighted by Gasteiger charge is -2.12. The maximum atomic E-state index is 12.9. The number of carbonyl (C=O) groups is 1. The Labute approximate surface area is 138 Å². The van der Waals surface area contributed by atoms with Crippen LogP contribution < -0.4 is 15.9 Å². The molecule has 24 heavy (non-hydrogen) atoms. The smallest absolute Gasteiger partial charge is 0.373 e. The van der Waals surface area contributed by atoms with Gasteiger partial charge in [-0.2, -0.15) is 0 Å². The highest BCUT2D eigenvalue weighted by atomic mass is 35.5. The van der Waals surface area contributed by atoms with E-state index in [1.54, 1.807) is 12.1 Å². The van der Waals surface area contributed by atoms with Gasteiger partial charge in [-0.3, -0.25) is 5.41 Å². The molecule has 2 aromatic rings. The molecule has 0 bridgehead atoms. The van der Waals surface area contributed by atoms with Crippen LogP contribution in [0.5, 0.6) is 0 Å². The number of aromatic nitrogens is 3. The molecule has 1 aromatic heterocycles. The Morgan fingerprint density at radius 1 is 1.46 bits per heavy atom. The normalized spacial score (nSPS) is 15.7. The molecule has 1 aliphatic rings. The minimum Gasteiger partial charge on any atom is -0.383 e. The van der Waals surface area contributed by atoms with Crippen molar-refractivity contribution >= 4 is 40.7 Å². The van der Waals surface area contributed by atoms with Crippen LogP contribution in [0.25, 0.3) is 11.0 Å². The van der Waals surface area contributed by atoms with Gasteiger partial charge in [-0.05, 0) is 23.4 Å². The Bertz CT molecular complexity index is 947. The summed E-state index contributed by atoms with van der Waals surface area (Å²) in [7, 11) is 0. The van der Waals surface area contributed by atoms with Gasteiger partial charge in [-0.25, -0.2) is 14.2 Å². The topological polar surface area (TPSA) is 131 Å². The molecule has 0 radical (unpaired) electrons. The summed E-state index contributed by atoms with van der Waals surface area (Å²) in [5, 5.41) is 17.8. The zero-order valence-electron chi connectivity index (χ0n) is 11.8. The quantitative estimate of drug-likeness (QED) is 0.323. The van der Waals surface area contributed by atoms with Gasteiger partial charge < -0.3 is 15.9 Å². The van der Waals surface area contributed by atoms with Crippen molar-refractivity contribution in [3.8, 4) is 0 Å². The van der Waals surface area contributed by atoms with Crippen LogP contribution in [0.1, 0.15) is 0 Å². The third-order valence-corrected chi connectivity index (χ3v) is 3.16. The summed E-state index contributed by atoms with van der Waals surface area (Å²) in [6, 6.07) is 4.70. The monoisotopic (exact) mass is 349 g/mol. The lowest BCUT2D eigenvalue weighted by molar-refractivity contribution is -0.140. The fourth-order valence-electron chi connectivity index (χ4n) is 1.87. The second-order valence-corrected chi connectivity index (χ2v) is 4.98. The van der Waals surface area contributed by atoms with E-state index < -0.39 is 17.6 Å². The van der Waals surface area contributed by atoms with E-state index in [2.05, 4.69) is 20.6 Å². The number of carbonyl (C=O) groups excluding carboxylic acids is 1. The largest absolute Gasteiger partial charge is 0.383 e. The maximum absolute atomic E-state index is 12.9. The molecule has 4 N–H and O–H groups in total. The summed E-state index contributed by atoms with van der Waals surface area (Å²) in [6.07, 6.45) is 1.83. The lowest BCUT2D eigenvalue weighted by atomic mass is 10.2. The fourth-order valence-corrected chi connectivity index (χ4v) is 2.04. The number of hydrogen-bond acceptors (Lipinski definition) is 7.